The summed E-state index contributed by atoms with van der Waals surface area (Å²) in [5, 5.41) is 0.811. The smallest absolute Gasteiger partial charge is 0.255 e. The van der Waals surface area contributed by atoms with E-state index in [1.165, 1.54) is 23.5 Å². The highest BCUT2D eigenvalue weighted by Crippen LogP contribution is 2.32. The lowest BCUT2D eigenvalue weighted by Crippen LogP contribution is -2.12. The van der Waals surface area contributed by atoms with Crippen LogP contribution in [0.25, 0.3) is 10.2 Å². The van der Waals surface area contributed by atoms with Gasteiger partial charge in [0.05, 0.1) is 15.1 Å². The Hall–Kier alpha value is -1.70. The number of hydrogen-bond donors (Lipinski definition) is 1. The molecule has 0 aliphatic heterocycles. The molecule has 0 saturated heterocycles. The normalized spacial score (nSPS) is 11.8. The van der Waals surface area contributed by atoms with E-state index < -0.39 is 15.8 Å². The molecular formula is C14H10ClFN2O2S2. The maximum absolute atomic E-state index is 12.9. The van der Waals surface area contributed by atoms with E-state index in [1.54, 1.807) is 12.1 Å². The van der Waals surface area contributed by atoms with Gasteiger partial charge in [-0.25, -0.2) is 17.8 Å². The second kappa shape index (κ2) is 5.49. The molecule has 0 amide bonds. The van der Waals surface area contributed by atoms with Crippen molar-refractivity contribution in [2.75, 3.05) is 4.72 Å². The van der Waals surface area contributed by atoms with Gasteiger partial charge in [0, 0.05) is 5.02 Å². The van der Waals surface area contributed by atoms with Gasteiger partial charge in [-0.15, -0.1) is 0 Å². The molecule has 0 spiro atoms. The molecular weight excluding hydrogens is 347 g/mol. The zero-order valence-corrected chi connectivity index (χ0v) is 13.7. The number of anilines is 1. The molecule has 0 saturated carbocycles. The summed E-state index contributed by atoms with van der Waals surface area (Å²) in [6.45, 7) is 1.85. The molecule has 0 aliphatic carbocycles. The van der Waals surface area contributed by atoms with E-state index in [4.69, 9.17) is 11.6 Å². The molecule has 1 N–H and O–H groups in total. The van der Waals surface area contributed by atoms with Gasteiger partial charge < -0.3 is 0 Å². The van der Waals surface area contributed by atoms with E-state index in [0.717, 1.165) is 22.4 Å². The number of thiazole rings is 1. The fraction of sp³-hybridized carbons (Fsp3) is 0.0714. The summed E-state index contributed by atoms with van der Waals surface area (Å²) in [4.78, 5) is 4.25. The Morgan fingerprint density at radius 3 is 2.59 bits per heavy atom. The molecule has 8 heteroatoms. The Bertz CT molecular complexity index is 953. The lowest BCUT2D eigenvalue weighted by molar-refractivity contribution is 0.599. The molecule has 114 valence electrons. The third-order valence-corrected chi connectivity index (χ3v) is 5.62. The second-order valence-electron chi connectivity index (χ2n) is 4.65. The number of aryl methyl sites for hydroxylation is 1. The maximum atomic E-state index is 12.9. The van der Waals surface area contributed by atoms with Gasteiger partial charge in [-0.1, -0.05) is 22.9 Å². The largest absolute Gasteiger partial charge is 0.263 e. The number of nitrogens with one attached hydrogen (secondary N) is 1. The van der Waals surface area contributed by atoms with Crippen molar-refractivity contribution >= 4 is 48.3 Å². The van der Waals surface area contributed by atoms with Gasteiger partial charge in [-0.05, 0) is 48.9 Å². The van der Waals surface area contributed by atoms with Crippen molar-refractivity contribution in [1.29, 1.82) is 0 Å². The topological polar surface area (TPSA) is 59.1 Å². The van der Waals surface area contributed by atoms with Crippen LogP contribution in [0.15, 0.2) is 41.3 Å². The number of halogens is 2. The molecule has 1 heterocycles. The first-order valence-corrected chi connectivity index (χ1v) is 8.88. The predicted octanol–water partition coefficient (Wildman–Crippen LogP) is 4.20. The average Bonchev–Trinajstić information content (AvgIpc) is 2.81. The molecule has 4 nitrogen and oxygen atoms in total. The summed E-state index contributed by atoms with van der Waals surface area (Å²) in [5.74, 6) is -0.496. The third-order valence-electron chi connectivity index (χ3n) is 3.00. The molecule has 3 aromatic rings. The van der Waals surface area contributed by atoms with Crippen molar-refractivity contribution in [2.24, 2.45) is 0 Å². The minimum absolute atomic E-state index is 0.0251. The quantitative estimate of drug-likeness (QED) is 0.765. The maximum Gasteiger partial charge on any atom is 0.263 e. The van der Waals surface area contributed by atoms with Gasteiger partial charge in [0.25, 0.3) is 10.0 Å². The molecule has 2 aromatic carbocycles. The highest BCUT2D eigenvalue weighted by Gasteiger charge is 2.17. The fourth-order valence-corrected chi connectivity index (χ4v) is 4.54. The minimum Gasteiger partial charge on any atom is -0.255 e. The summed E-state index contributed by atoms with van der Waals surface area (Å²) in [5.41, 5.74) is 1.57. The molecule has 0 fully saturated rings. The molecule has 0 radical (unpaired) electrons. The van der Waals surface area contributed by atoms with Gasteiger partial charge in [0.2, 0.25) is 0 Å². The van der Waals surface area contributed by atoms with Crippen molar-refractivity contribution in [1.82, 2.24) is 4.98 Å². The Balaban J connectivity index is 1.98. The predicted molar refractivity (Wildman–Crippen MR) is 86.6 cm³/mol. The lowest BCUT2D eigenvalue weighted by atomic mass is 10.2. The molecule has 1 aromatic heterocycles. The first-order valence-electron chi connectivity index (χ1n) is 6.20. The molecule has 22 heavy (non-hydrogen) atoms. The highest BCUT2D eigenvalue weighted by atomic mass is 35.5. The van der Waals surface area contributed by atoms with E-state index >= 15 is 0 Å². The molecule has 0 atom stereocenters. The Morgan fingerprint density at radius 1 is 1.23 bits per heavy atom. The van der Waals surface area contributed by atoms with Gasteiger partial charge in [-0.3, -0.25) is 4.72 Å². The zero-order chi connectivity index (χ0) is 15.9. The Kier molecular flexibility index (Phi) is 3.80. The van der Waals surface area contributed by atoms with Crippen molar-refractivity contribution < 1.29 is 12.8 Å². The van der Waals surface area contributed by atoms with E-state index in [-0.39, 0.29) is 10.0 Å². The van der Waals surface area contributed by atoms with Gasteiger partial charge >= 0.3 is 0 Å². The van der Waals surface area contributed by atoms with Gasteiger partial charge in [0.15, 0.2) is 5.13 Å². The molecule has 3 rings (SSSR count). The molecule has 0 aliphatic rings. The van der Waals surface area contributed by atoms with Crippen molar-refractivity contribution in [3.8, 4) is 0 Å². The van der Waals surface area contributed by atoms with Crippen LogP contribution in [0.2, 0.25) is 5.02 Å². The number of fused-ring (bicyclic) bond motifs is 1. The number of aromatic nitrogens is 1. The van der Waals surface area contributed by atoms with Crippen molar-refractivity contribution in [2.45, 2.75) is 11.8 Å². The number of hydrogen-bond acceptors (Lipinski definition) is 4. The number of nitrogens with zero attached hydrogens (tertiary/aromatic N) is 1. The van der Waals surface area contributed by atoms with E-state index in [2.05, 4.69) is 9.71 Å². The average molecular weight is 357 g/mol. The van der Waals surface area contributed by atoms with Crippen LogP contribution in [0.1, 0.15) is 5.56 Å². The van der Waals surface area contributed by atoms with Gasteiger partial charge in [0.1, 0.15) is 5.82 Å². The van der Waals surface area contributed by atoms with E-state index in [9.17, 15) is 12.8 Å². The van der Waals surface area contributed by atoms with Crippen LogP contribution in [0.5, 0.6) is 0 Å². The highest BCUT2D eigenvalue weighted by molar-refractivity contribution is 7.93. The standard InChI is InChI=1S/C14H10ClFN2O2S2/c1-8-6-9(15)7-12-13(8)17-14(21-12)18-22(19,20)11-4-2-10(16)3-5-11/h2-7H,1H3,(H,17,18). The van der Waals surface area contributed by atoms with Crippen LogP contribution in [-0.4, -0.2) is 13.4 Å². The minimum atomic E-state index is -3.80. The van der Waals surface area contributed by atoms with Crippen LogP contribution in [0, 0.1) is 12.7 Å². The summed E-state index contributed by atoms with van der Waals surface area (Å²) in [7, 11) is -3.80. The van der Waals surface area contributed by atoms with Crippen LogP contribution in [-0.2, 0) is 10.0 Å². The summed E-state index contributed by atoms with van der Waals surface area (Å²) in [6, 6.07) is 8.09. The van der Waals surface area contributed by atoms with Crippen LogP contribution < -0.4 is 4.72 Å². The number of benzene rings is 2. The number of rotatable bonds is 3. The Morgan fingerprint density at radius 2 is 1.91 bits per heavy atom. The van der Waals surface area contributed by atoms with Crippen LogP contribution in [0.3, 0.4) is 0 Å². The lowest BCUT2D eigenvalue weighted by Gasteiger charge is -2.04. The van der Waals surface area contributed by atoms with Crippen molar-refractivity contribution in [3.05, 3.63) is 52.8 Å². The van der Waals surface area contributed by atoms with E-state index in [0.29, 0.717) is 10.5 Å². The second-order valence-corrected chi connectivity index (χ2v) is 7.80. The summed E-state index contributed by atoms with van der Waals surface area (Å²) in [6.07, 6.45) is 0. The first-order chi connectivity index (χ1) is 10.3. The zero-order valence-electron chi connectivity index (χ0n) is 11.3. The molecule has 0 unspecified atom stereocenters. The summed E-state index contributed by atoms with van der Waals surface area (Å²) >= 11 is 7.17. The third kappa shape index (κ3) is 2.92. The summed E-state index contributed by atoms with van der Waals surface area (Å²) < 4.78 is 40.6. The SMILES string of the molecule is Cc1cc(Cl)cc2sc(NS(=O)(=O)c3ccc(F)cc3)nc12. The fourth-order valence-electron chi connectivity index (χ4n) is 1.99. The number of sulfonamides is 1. The van der Waals surface area contributed by atoms with Crippen LogP contribution >= 0.6 is 22.9 Å². The van der Waals surface area contributed by atoms with Crippen LogP contribution in [0.4, 0.5) is 9.52 Å². The van der Waals surface area contributed by atoms with Crippen molar-refractivity contribution in [3.63, 3.8) is 0 Å². The van der Waals surface area contributed by atoms with Gasteiger partial charge in [-0.2, -0.15) is 0 Å². The monoisotopic (exact) mass is 356 g/mol. The molecule has 0 bridgehead atoms. The van der Waals surface area contributed by atoms with E-state index in [1.807, 2.05) is 6.92 Å². The Labute approximate surface area is 135 Å². The first kappa shape index (κ1) is 15.2.